The second-order valence-electron chi connectivity index (χ2n) is 7.28. The molecule has 2 aromatic heterocycles. The smallest absolute Gasteiger partial charge is 0.287 e. The monoisotopic (exact) mass is 439 g/mol. The molecule has 32 heavy (non-hydrogen) atoms. The summed E-state index contributed by atoms with van der Waals surface area (Å²) in [6.07, 6.45) is 2.46. The third-order valence-corrected chi connectivity index (χ3v) is 4.99. The van der Waals surface area contributed by atoms with Gasteiger partial charge < -0.3 is 29.2 Å². The summed E-state index contributed by atoms with van der Waals surface area (Å²) in [7, 11) is 3.22. The van der Waals surface area contributed by atoms with Gasteiger partial charge in [-0.25, -0.2) is 0 Å². The van der Waals surface area contributed by atoms with Crippen LogP contribution < -0.4 is 10.6 Å². The lowest BCUT2D eigenvalue weighted by Crippen LogP contribution is -2.15. The van der Waals surface area contributed by atoms with E-state index in [2.05, 4.69) is 10.6 Å². The van der Waals surface area contributed by atoms with Crippen LogP contribution in [-0.4, -0.2) is 39.1 Å². The van der Waals surface area contributed by atoms with E-state index in [9.17, 15) is 19.7 Å². The molecule has 11 heteroatoms. The number of amides is 2. The lowest BCUT2D eigenvalue weighted by atomic mass is 10.2. The van der Waals surface area contributed by atoms with Gasteiger partial charge in [-0.3, -0.25) is 19.7 Å². The Hall–Kier alpha value is -3.96. The normalized spacial score (nSPS) is 13.8. The van der Waals surface area contributed by atoms with Gasteiger partial charge in [0.2, 0.25) is 0 Å². The van der Waals surface area contributed by atoms with Crippen LogP contribution in [0.2, 0.25) is 0 Å². The summed E-state index contributed by atoms with van der Waals surface area (Å²) in [6, 6.07) is 9.87. The molecule has 1 fully saturated rings. The molecule has 0 bridgehead atoms. The summed E-state index contributed by atoms with van der Waals surface area (Å²) in [5.74, 6) is -0.881. The molecule has 0 saturated carbocycles. The molecule has 1 aromatic carbocycles. The van der Waals surface area contributed by atoms with Crippen LogP contribution in [0.25, 0.3) is 0 Å². The van der Waals surface area contributed by atoms with Crippen LogP contribution in [0.15, 0.2) is 48.8 Å². The van der Waals surface area contributed by atoms with Crippen molar-refractivity contribution in [1.82, 2.24) is 9.13 Å². The van der Waals surface area contributed by atoms with Gasteiger partial charge in [0.25, 0.3) is 17.5 Å². The van der Waals surface area contributed by atoms with Crippen molar-refractivity contribution < 1.29 is 24.0 Å². The van der Waals surface area contributed by atoms with Crippen molar-refractivity contribution in [1.29, 1.82) is 0 Å². The first-order valence-electron chi connectivity index (χ1n) is 9.75. The van der Waals surface area contributed by atoms with Crippen molar-refractivity contribution in [2.75, 3.05) is 23.8 Å². The minimum atomic E-state index is -0.567. The molecular formula is C21H21N5O6. The molecule has 1 aliphatic rings. The highest BCUT2D eigenvalue weighted by molar-refractivity contribution is 6.06. The average Bonchev–Trinajstić information content (AvgIpc) is 3.49. The summed E-state index contributed by atoms with van der Waals surface area (Å²) in [6.45, 7) is 1.10. The lowest BCUT2D eigenvalue weighted by Gasteiger charge is -2.10. The third-order valence-electron chi connectivity index (χ3n) is 4.99. The first kappa shape index (κ1) is 21.3. The van der Waals surface area contributed by atoms with Crippen molar-refractivity contribution in [3.63, 3.8) is 0 Å². The van der Waals surface area contributed by atoms with Gasteiger partial charge in [-0.2, -0.15) is 0 Å². The predicted molar refractivity (Wildman–Crippen MR) is 114 cm³/mol. The van der Waals surface area contributed by atoms with Gasteiger partial charge in [0.15, 0.2) is 6.29 Å². The first-order chi connectivity index (χ1) is 15.3. The van der Waals surface area contributed by atoms with Crippen molar-refractivity contribution in [2.45, 2.75) is 6.29 Å². The molecular weight excluding hydrogens is 418 g/mol. The van der Waals surface area contributed by atoms with Gasteiger partial charge in [0.1, 0.15) is 11.4 Å². The quantitative estimate of drug-likeness (QED) is 0.449. The van der Waals surface area contributed by atoms with Gasteiger partial charge in [-0.05, 0) is 18.2 Å². The maximum atomic E-state index is 12.7. The second-order valence-corrected chi connectivity index (χ2v) is 7.28. The zero-order chi connectivity index (χ0) is 22.8. The van der Waals surface area contributed by atoms with E-state index >= 15 is 0 Å². The van der Waals surface area contributed by atoms with Crippen LogP contribution in [0.3, 0.4) is 0 Å². The molecule has 2 amide bonds. The van der Waals surface area contributed by atoms with Gasteiger partial charge >= 0.3 is 0 Å². The molecule has 4 rings (SSSR count). The van der Waals surface area contributed by atoms with Crippen LogP contribution in [0.5, 0.6) is 0 Å². The number of hydrogen-bond acceptors (Lipinski definition) is 6. The zero-order valence-electron chi connectivity index (χ0n) is 17.4. The van der Waals surface area contributed by atoms with Gasteiger partial charge in [0, 0.05) is 37.6 Å². The molecule has 0 radical (unpaired) electrons. The summed E-state index contributed by atoms with van der Waals surface area (Å²) in [5, 5.41) is 16.4. The number of carbonyl (C=O) groups excluding carboxylic acids is 2. The van der Waals surface area contributed by atoms with Crippen molar-refractivity contribution >= 4 is 28.9 Å². The first-order valence-corrected chi connectivity index (χ1v) is 9.75. The highest BCUT2D eigenvalue weighted by Gasteiger charge is 2.20. The summed E-state index contributed by atoms with van der Waals surface area (Å²) < 4.78 is 13.8. The van der Waals surface area contributed by atoms with Gasteiger partial charge in [-0.15, -0.1) is 0 Å². The number of anilines is 2. The molecule has 0 spiro atoms. The molecule has 2 N–H and O–H groups in total. The molecule has 166 valence electrons. The van der Waals surface area contributed by atoms with Crippen LogP contribution in [0, 0.1) is 10.1 Å². The number of carbonyl (C=O) groups is 2. The maximum absolute atomic E-state index is 12.7. The molecule has 0 atom stereocenters. The number of aromatic nitrogens is 2. The van der Waals surface area contributed by atoms with E-state index < -0.39 is 10.8 Å². The fraction of sp³-hybridized carbons (Fsp3) is 0.238. The van der Waals surface area contributed by atoms with E-state index in [1.807, 2.05) is 12.1 Å². The summed E-state index contributed by atoms with van der Waals surface area (Å²) in [4.78, 5) is 35.6. The lowest BCUT2D eigenvalue weighted by molar-refractivity contribution is -0.384. The van der Waals surface area contributed by atoms with E-state index in [4.69, 9.17) is 9.47 Å². The Labute approximate surface area is 182 Å². The molecule has 1 saturated heterocycles. The minimum absolute atomic E-state index is 0.127. The van der Waals surface area contributed by atoms with Crippen molar-refractivity contribution in [3.05, 3.63) is 75.9 Å². The number of benzene rings is 1. The minimum Gasteiger partial charge on any atom is -0.346 e. The number of hydrogen-bond donors (Lipinski definition) is 2. The Morgan fingerprint density at radius 3 is 2.09 bits per heavy atom. The third kappa shape index (κ3) is 4.38. The van der Waals surface area contributed by atoms with Gasteiger partial charge in [-0.1, -0.05) is 12.1 Å². The largest absolute Gasteiger partial charge is 0.346 e. The van der Waals surface area contributed by atoms with Crippen LogP contribution in [0.1, 0.15) is 32.8 Å². The Kier molecular flexibility index (Phi) is 5.75. The maximum Gasteiger partial charge on any atom is 0.287 e. The van der Waals surface area contributed by atoms with Crippen molar-refractivity contribution in [2.24, 2.45) is 14.1 Å². The van der Waals surface area contributed by atoms with E-state index in [0.717, 1.165) is 5.56 Å². The molecule has 0 unspecified atom stereocenters. The topological polar surface area (TPSA) is 130 Å². The molecule has 3 heterocycles. The summed E-state index contributed by atoms with van der Waals surface area (Å²) >= 11 is 0. The van der Waals surface area contributed by atoms with Gasteiger partial charge in [0.05, 0.1) is 30.0 Å². The number of aryl methyl sites for hydroxylation is 2. The van der Waals surface area contributed by atoms with Crippen LogP contribution in [-0.2, 0) is 23.6 Å². The van der Waals surface area contributed by atoms with E-state index in [-0.39, 0.29) is 23.6 Å². The van der Waals surface area contributed by atoms with E-state index in [0.29, 0.717) is 30.3 Å². The molecule has 0 aliphatic carbocycles. The predicted octanol–water partition coefficient (Wildman–Crippen LogP) is 2.82. The number of nitrogens with zero attached hydrogens (tertiary/aromatic N) is 3. The van der Waals surface area contributed by atoms with E-state index in [1.165, 1.54) is 22.9 Å². The Bertz CT molecular complexity index is 1170. The van der Waals surface area contributed by atoms with Crippen LogP contribution in [0.4, 0.5) is 17.1 Å². The Morgan fingerprint density at radius 2 is 1.50 bits per heavy atom. The number of nitro groups is 1. The second kappa shape index (κ2) is 8.65. The molecule has 3 aromatic rings. The average molecular weight is 439 g/mol. The SMILES string of the molecule is Cn1cc(NC(=O)c2cc([N+](=O)[O-])cn2C)cc1C(=O)Nc1ccc(C2OCCO2)cc1. The Balaban J connectivity index is 1.43. The molecule has 11 nitrogen and oxygen atoms in total. The van der Waals surface area contributed by atoms with E-state index in [1.54, 1.807) is 37.0 Å². The standard InChI is InChI=1S/C21H21N5O6/c1-24-11-15(23-20(28)18-10-16(26(29)30)12-25(18)2)9-17(24)19(27)22-14-5-3-13(4-6-14)21-31-7-8-32-21/h3-6,9-12,21H,7-8H2,1-2H3,(H,22,27)(H,23,28). The zero-order valence-corrected chi connectivity index (χ0v) is 17.4. The fourth-order valence-electron chi connectivity index (χ4n) is 3.40. The highest BCUT2D eigenvalue weighted by atomic mass is 16.7. The molecule has 1 aliphatic heterocycles. The van der Waals surface area contributed by atoms with Crippen LogP contribution >= 0.6 is 0 Å². The number of nitrogens with one attached hydrogen (secondary N) is 2. The van der Waals surface area contributed by atoms with Crippen molar-refractivity contribution in [3.8, 4) is 0 Å². The summed E-state index contributed by atoms with van der Waals surface area (Å²) in [5.41, 5.74) is 2.12. The highest BCUT2D eigenvalue weighted by Crippen LogP contribution is 2.25. The number of ether oxygens (including phenoxy) is 2. The Morgan fingerprint density at radius 1 is 0.938 bits per heavy atom. The number of rotatable bonds is 6. The fourth-order valence-corrected chi connectivity index (χ4v) is 3.40.